The van der Waals surface area contributed by atoms with Crippen molar-refractivity contribution in [1.82, 2.24) is 0 Å². The summed E-state index contributed by atoms with van der Waals surface area (Å²) < 4.78 is 2.00. The van der Waals surface area contributed by atoms with Crippen molar-refractivity contribution in [1.29, 1.82) is 5.41 Å². The molecule has 0 saturated carbocycles. The Balaban J connectivity index is 4.04. The van der Waals surface area contributed by atoms with Gasteiger partial charge in [0.05, 0.1) is 0 Å². The molecule has 0 unspecified atom stereocenters. The Labute approximate surface area is 82.2 Å². The quantitative estimate of drug-likeness (QED) is 0.457. The summed E-state index contributed by atoms with van der Waals surface area (Å²) in [7, 11) is 0. The van der Waals surface area contributed by atoms with Gasteiger partial charge in [-0.2, -0.15) is 0 Å². The number of hydrogen-bond donors (Lipinski definition) is 1. The van der Waals surface area contributed by atoms with Gasteiger partial charge in [-0.3, -0.25) is 0 Å². The zero-order valence-electron chi connectivity index (χ0n) is 7.19. The second-order valence-electron chi connectivity index (χ2n) is 2.80. The van der Waals surface area contributed by atoms with Gasteiger partial charge in [-0.05, 0) is 28.6 Å². The van der Waals surface area contributed by atoms with Crippen LogP contribution in [0.25, 0.3) is 0 Å². The summed E-state index contributed by atoms with van der Waals surface area (Å²) in [6.07, 6.45) is 3.82. The SMILES string of the molecule is CC(/C=C\C(=N)C(C)C)=C/I. The molecule has 0 radical (unpaired) electrons. The van der Waals surface area contributed by atoms with E-state index in [0.717, 1.165) is 0 Å². The average Bonchev–Trinajstić information content (AvgIpc) is 1.99. The average molecular weight is 263 g/mol. The summed E-state index contributed by atoms with van der Waals surface area (Å²) in [5.41, 5.74) is 1.87. The Morgan fingerprint density at radius 1 is 1.36 bits per heavy atom. The van der Waals surface area contributed by atoms with Crippen LogP contribution in [0.15, 0.2) is 21.8 Å². The molecule has 0 fully saturated rings. The molecule has 0 aromatic carbocycles. The number of nitrogens with one attached hydrogen (secondary N) is 1. The molecule has 0 rings (SSSR count). The fourth-order valence-corrected chi connectivity index (χ4v) is 0.658. The molecule has 2 heteroatoms. The fourth-order valence-electron chi connectivity index (χ4n) is 0.450. The molecule has 0 bridgehead atoms. The summed E-state index contributed by atoms with van der Waals surface area (Å²) in [6.45, 7) is 6.07. The van der Waals surface area contributed by atoms with Crippen LogP contribution in [0, 0.1) is 11.3 Å². The smallest absolute Gasteiger partial charge is 0.0339 e. The molecule has 0 aromatic rings. The highest BCUT2D eigenvalue weighted by Crippen LogP contribution is 2.02. The number of allylic oxidation sites excluding steroid dienone is 3. The third-order valence-electron chi connectivity index (χ3n) is 1.32. The van der Waals surface area contributed by atoms with Crippen LogP contribution in [-0.2, 0) is 0 Å². The Morgan fingerprint density at radius 2 is 1.91 bits per heavy atom. The van der Waals surface area contributed by atoms with E-state index in [1.165, 1.54) is 5.57 Å². The molecule has 0 atom stereocenters. The predicted octanol–water partition coefficient (Wildman–Crippen LogP) is 3.56. The first-order valence-corrected chi connectivity index (χ1v) is 4.86. The number of hydrogen-bond acceptors (Lipinski definition) is 1. The van der Waals surface area contributed by atoms with Crippen LogP contribution in [0.5, 0.6) is 0 Å². The van der Waals surface area contributed by atoms with Crippen molar-refractivity contribution < 1.29 is 0 Å². The largest absolute Gasteiger partial charge is 0.305 e. The molecule has 0 aliphatic heterocycles. The van der Waals surface area contributed by atoms with Gasteiger partial charge in [0, 0.05) is 5.71 Å². The Bertz CT molecular complexity index is 190. The standard InChI is InChI=1S/C9H14IN/c1-7(2)9(11)5-4-8(3)6-10/h4-7,11H,1-3H3/b5-4-,8-6-,11-9?. The molecule has 1 N–H and O–H groups in total. The van der Waals surface area contributed by atoms with E-state index < -0.39 is 0 Å². The van der Waals surface area contributed by atoms with Crippen molar-refractivity contribution in [3.05, 3.63) is 21.8 Å². The Kier molecular flexibility index (Phi) is 5.46. The first kappa shape index (κ1) is 10.9. The molecular weight excluding hydrogens is 249 g/mol. The van der Waals surface area contributed by atoms with Crippen molar-refractivity contribution in [2.24, 2.45) is 5.92 Å². The molecule has 62 valence electrons. The molecule has 0 aliphatic rings. The minimum atomic E-state index is 0.327. The second kappa shape index (κ2) is 5.52. The van der Waals surface area contributed by atoms with Gasteiger partial charge in [-0.15, -0.1) is 0 Å². The lowest BCUT2D eigenvalue weighted by atomic mass is 10.1. The van der Waals surface area contributed by atoms with Crippen molar-refractivity contribution in [2.45, 2.75) is 20.8 Å². The van der Waals surface area contributed by atoms with E-state index in [-0.39, 0.29) is 0 Å². The van der Waals surface area contributed by atoms with Crippen LogP contribution in [0.3, 0.4) is 0 Å². The van der Waals surface area contributed by atoms with Crippen LogP contribution in [0.2, 0.25) is 0 Å². The molecule has 11 heavy (non-hydrogen) atoms. The third kappa shape index (κ3) is 5.18. The minimum Gasteiger partial charge on any atom is -0.305 e. The van der Waals surface area contributed by atoms with Crippen LogP contribution in [0.1, 0.15) is 20.8 Å². The van der Waals surface area contributed by atoms with E-state index in [2.05, 4.69) is 22.6 Å². The molecule has 1 nitrogen and oxygen atoms in total. The van der Waals surface area contributed by atoms with Gasteiger partial charge in [0.1, 0.15) is 0 Å². The fraction of sp³-hybridized carbons (Fsp3) is 0.444. The van der Waals surface area contributed by atoms with Gasteiger partial charge in [0.2, 0.25) is 0 Å². The zero-order chi connectivity index (χ0) is 8.85. The normalized spacial score (nSPS) is 13.0. The van der Waals surface area contributed by atoms with Gasteiger partial charge in [0.15, 0.2) is 0 Å². The summed E-state index contributed by atoms with van der Waals surface area (Å²) in [6, 6.07) is 0. The van der Waals surface area contributed by atoms with E-state index in [1.54, 1.807) is 0 Å². The lowest BCUT2D eigenvalue weighted by molar-refractivity contribution is 0.882. The second-order valence-corrected chi connectivity index (χ2v) is 3.42. The van der Waals surface area contributed by atoms with Gasteiger partial charge >= 0.3 is 0 Å². The van der Waals surface area contributed by atoms with E-state index in [0.29, 0.717) is 11.6 Å². The van der Waals surface area contributed by atoms with Crippen molar-refractivity contribution in [3.8, 4) is 0 Å². The third-order valence-corrected chi connectivity index (χ3v) is 2.30. The van der Waals surface area contributed by atoms with Gasteiger partial charge in [-0.25, -0.2) is 0 Å². The molecule has 0 aromatic heterocycles. The predicted molar refractivity (Wildman–Crippen MR) is 59.5 cm³/mol. The van der Waals surface area contributed by atoms with Gasteiger partial charge in [0.25, 0.3) is 0 Å². The lowest BCUT2D eigenvalue weighted by Gasteiger charge is -1.99. The van der Waals surface area contributed by atoms with Crippen LogP contribution in [-0.4, -0.2) is 5.71 Å². The van der Waals surface area contributed by atoms with E-state index in [4.69, 9.17) is 5.41 Å². The van der Waals surface area contributed by atoms with Crippen molar-refractivity contribution in [2.75, 3.05) is 0 Å². The molecule has 0 spiro atoms. The topological polar surface area (TPSA) is 23.9 Å². The van der Waals surface area contributed by atoms with Gasteiger partial charge < -0.3 is 5.41 Å². The van der Waals surface area contributed by atoms with E-state index >= 15 is 0 Å². The highest BCUT2D eigenvalue weighted by molar-refractivity contribution is 14.1. The van der Waals surface area contributed by atoms with Crippen LogP contribution >= 0.6 is 22.6 Å². The summed E-state index contributed by atoms with van der Waals surface area (Å²) in [5.74, 6) is 0.327. The van der Waals surface area contributed by atoms with Crippen molar-refractivity contribution in [3.63, 3.8) is 0 Å². The van der Waals surface area contributed by atoms with E-state index in [1.807, 2.05) is 37.0 Å². The number of halogens is 1. The van der Waals surface area contributed by atoms with E-state index in [9.17, 15) is 0 Å². The molecule has 0 saturated heterocycles. The highest BCUT2D eigenvalue weighted by Gasteiger charge is 1.95. The van der Waals surface area contributed by atoms with Crippen molar-refractivity contribution >= 4 is 28.3 Å². The summed E-state index contributed by atoms with van der Waals surface area (Å²) in [5, 5.41) is 7.50. The minimum absolute atomic E-state index is 0.327. The monoisotopic (exact) mass is 263 g/mol. The zero-order valence-corrected chi connectivity index (χ0v) is 9.34. The van der Waals surface area contributed by atoms with Gasteiger partial charge in [-0.1, -0.05) is 42.5 Å². The maximum absolute atomic E-state index is 7.50. The van der Waals surface area contributed by atoms with Crippen LogP contribution < -0.4 is 0 Å². The molecule has 0 aliphatic carbocycles. The summed E-state index contributed by atoms with van der Waals surface area (Å²) in [4.78, 5) is 0. The maximum Gasteiger partial charge on any atom is 0.0339 e. The first-order chi connectivity index (χ1) is 5.07. The van der Waals surface area contributed by atoms with Crippen LogP contribution in [0.4, 0.5) is 0 Å². The molecule has 0 amide bonds. The lowest BCUT2D eigenvalue weighted by Crippen LogP contribution is -2.00. The molecular formula is C9H14IN. The Morgan fingerprint density at radius 3 is 2.27 bits per heavy atom. The Hall–Kier alpha value is -0.120. The number of rotatable bonds is 3. The maximum atomic E-state index is 7.50. The first-order valence-electron chi connectivity index (χ1n) is 3.61. The molecule has 0 heterocycles. The highest BCUT2D eigenvalue weighted by atomic mass is 127. The summed E-state index contributed by atoms with van der Waals surface area (Å²) >= 11 is 2.19.